The molecular weight excluding hydrogens is 388 g/mol. The number of carbonyl (C=O) groups excluding carboxylic acids is 2. The fourth-order valence-corrected chi connectivity index (χ4v) is 3.73. The molecule has 8 nitrogen and oxygen atoms in total. The number of nitrogens with one attached hydrogen (secondary N) is 1. The minimum Gasteiger partial charge on any atom is -0.305 e. The predicted octanol–water partition coefficient (Wildman–Crippen LogP) is 3.40. The van der Waals surface area contributed by atoms with E-state index >= 15 is 0 Å². The maximum absolute atomic E-state index is 12.9. The average molecular weight is 406 g/mol. The predicted molar refractivity (Wildman–Crippen MR) is 112 cm³/mol. The number of rotatable bonds is 4. The van der Waals surface area contributed by atoms with E-state index in [0.29, 0.717) is 28.0 Å². The molecule has 146 valence electrons. The van der Waals surface area contributed by atoms with Crippen molar-refractivity contribution in [1.82, 2.24) is 19.4 Å². The molecule has 0 bridgehead atoms. The highest BCUT2D eigenvalue weighted by Gasteiger charge is 2.21. The lowest BCUT2D eigenvalue weighted by molar-refractivity contribution is -0.116. The molecule has 0 aliphatic rings. The maximum Gasteiger partial charge on any atom is 0.277 e. The van der Waals surface area contributed by atoms with E-state index in [1.54, 1.807) is 19.3 Å². The highest BCUT2D eigenvalue weighted by molar-refractivity contribution is 7.19. The van der Waals surface area contributed by atoms with Crippen molar-refractivity contribution in [1.29, 1.82) is 0 Å². The van der Waals surface area contributed by atoms with Crippen molar-refractivity contribution in [3.05, 3.63) is 60.2 Å². The van der Waals surface area contributed by atoms with E-state index in [9.17, 15) is 9.59 Å². The number of hydrogen-bond acceptors (Lipinski definition) is 6. The van der Waals surface area contributed by atoms with Crippen molar-refractivity contribution in [2.75, 3.05) is 17.3 Å². The van der Waals surface area contributed by atoms with E-state index in [-0.39, 0.29) is 11.8 Å². The van der Waals surface area contributed by atoms with Gasteiger partial charge >= 0.3 is 0 Å². The Morgan fingerprint density at radius 2 is 1.97 bits per heavy atom. The second-order valence-electron chi connectivity index (χ2n) is 6.44. The van der Waals surface area contributed by atoms with E-state index < -0.39 is 0 Å². The van der Waals surface area contributed by atoms with Gasteiger partial charge in [-0.1, -0.05) is 23.5 Å². The molecule has 4 heterocycles. The number of aromatic nitrogens is 4. The largest absolute Gasteiger partial charge is 0.305 e. The molecule has 9 heteroatoms. The molecule has 4 aromatic rings. The summed E-state index contributed by atoms with van der Waals surface area (Å²) in [6.45, 7) is 3.34. The van der Waals surface area contributed by atoms with Gasteiger partial charge in [0, 0.05) is 25.9 Å². The Bertz CT molecular complexity index is 1230. The molecule has 0 aliphatic heterocycles. The van der Waals surface area contributed by atoms with Crippen molar-refractivity contribution < 1.29 is 9.59 Å². The summed E-state index contributed by atoms with van der Waals surface area (Å²) in [7, 11) is 1.67. The normalized spacial score (nSPS) is 10.9. The molecule has 0 saturated carbocycles. The summed E-state index contributed by atoms with van der Waals surface area (Å²) >= 11 is 1.33. The first-order chi connectivity index (χ1) is 13.9. The van der Waals surface area contributed by atoms with Crippen LogP contribution >= 0.6 is 11.3 Å². The van der Waals surface area contributed by atoms with E-state index in [1.807, 2.05) is 47.9 Å². The molecular formula is C20H18N6O2S. The Morgan fingerprint density at radius 3 is 2.72 bits per heavy atom. The molecule has 29 heavy (non-hydrogen) atoms. The summed E-state index contributed by atoms with van der Waals surface area (Å²) in [4.78, 5) is 39.9. The van der Waals surface area contributed by atoms with Crippen LogP contribution in [-0.2, 0) is 4.79 Å². The molecule has 0 aliphatic carbocycles. The fourth-order valence-electron chi connectivity index (χ4n) is 2.82. The zero-order valence-electron chi connectivity index (χ0n) is 16.1. The number of hydrogen-bond donors (Lipinski definition) is 1. The van der Waals surface area contributed by atoms with Crippen molar-refractivity contribution in [3.8, 4) is 10.7 Å². The van der Waals surface area contributed by atoms with Crippen LogP contribution in [0.2, 0.25) is 0 Å². The molecule has 1 N–H and O–H groups in total. The van der Waals surface area contributed by atoms with Crippen molar-refractivity contribution in [2.24, 2.45) is 0 Å². The van der Waals surface area contributed by atoms with Crippen LogP contribution in [0.4, 0.5) is 10.9 Å². The van der Waals surface area contributed by atoms with Gasteiger partial charge in [0.1, 0.15) is 5.82 Å². The lowest BCUT2D eigenvalue weighted by Crippen LogP contribution is -2.22. The molecule has 0 radical (unpaired) electrons. The van der Waals surface area contributed by atoms with Crippen LogP contribution in [0.15, 0.2) is 48.8 Å². The third-order valence-corrected chi connectivity index (χ3v) is 5.44. The van der Waals surface area contributed by atoms with Crippen molar-refractivity contribution >= 4 is 39.6 Å². The van der Waals surface area contributed by atoms with Crippen LogP contribution in [0.5, 0.6) is 0 Å². The number of anilines is 2. The minimum absolute atomic E-state index is 0.107. The average Bonchev–Trinajstić information content (AvgIpc) is 3.32. The Labute approximate surface area is 170 Å². The second-order valence-corrected chi connectivity index (χ2v) is 7.45. The van der Waals surface area contributed by atoms with Gasteiger partial charge in [-0.2, -0.15) is 0 Å². The number of amides is 2. The van der Waals surface area contributed by atoms with Gasteiger partial charge in [-0.3, -0.25) is 18.9 Å². The number of pyridine rings is 2. The minimum atomic E-state index is -0.344. The summed E-state index contributed by atoms with van der Waals surface area (Å²) in [6.07, 6.45) is 3.50. The Morgan fingerprint density at radius 1 is 1.14 bits per heavy atom. The topological polar surface area (TPSA) is 92.5 Å². The molecule has 4 rings (SSSR count). The first kappa shape index (κ1) is 18.8. The van der Waals surface area contributed by atoms with Gasteiger partial charge in [-0.15, -0.1) is 0 Å². The van der Waals surface area contributed by atoms with Crippen LogP contribution in [0.3, 0.4) is 0 Å². The summed E-state index contributed by atoms with van der Waals surface area (Å²) in [5, 5.41) is 3.37. The lowest BCUT2D eigenvalue weighted by Gasteiger charge is -2.09. The number of fused-ring (bicyclic) bond motifs is 1. The number of carbonyl (C=O) groups is 2. The highest BCUT2D eigenvalue weighted by atomic mass is 32.1. The van der Waals surface area contributed by atoms with E-state index in [1.165, 1.54) is 23.2 Å². The maximum atomic E-state index is 12.9. The molecule has 0 saturated heterocycles. The number of aryl methyl sites for hydroxylation is 1. The van der Waals surface area contributed by atoms with Crippen LogP contribution in [-0.4, -0.2) is 38.2 Å². The zero-order valence-corrected chi connectivity index (χ0v) is 16.9. The van der Waals surface area contributed by atoms with Gasteiger partial charge in [-0.05, 0) is 31.2 Å². The van der Waals surface area contributed by atoms with Gasteiger partial charge in [0.05, 0.1) is 16.6 Å². The van der Waals surface area contributed by atoms with E-state index in [0.717, 1.165) is 10.6 Å². The highest BCUT2D eigenvalue weighted by Crippen LogP contribution is 2.31. The van der Waals surface area contributed by atoms with Crippen molar-refractivity contribution in [3.63, 3.8) is 0 Å². The zero-order chi connectivity index (χ0) is 20.5. The van der Waals surface area contributed by atoms with Crippen molar-refractivity contribution in [2.45, 2.75) is 13.8 Å². The smallest absolute Gasteiger partial charge is 0.277 e. The second kappa shape index (κ2) is 7.44. The molecule has 0 fully saturated rings. The molecule has 0 unspecified atom stereocenters. The standard InChI is InChI=1S/C20H18N6O2S/c1-12-7-6-9-16(22-12)23-19(28)17-14-8-4-5-10-26(14)18(24-17)15-11-21-20(29-15)25(3)13(2)27/h4-11H,1-3H3,(H,22,23,28). The summed E-state index contributed by atoms with van der Waals surface area (Å²) in [5.74, 6) is 0.605. The van der Waals surface area contributed by atoms with Gasteiger partial charge in [0.15, 0.2) is 16.6 Å². The quantitative estimate of drug-likeness (QED) is 0.561. The molecule has 4 aromatic heterocycles. The fraction of sp³-hybridized carbons (Fsp3) is 0.150. The third kappa shape index (κ3) is 3.59. The van der Waals surface area contributed by atoms with Gasteiger partial charge in [0.2, 0.25) is 5.91 Å². The van der Waals surface area contributed by atoms with Gasteiger partial charge in [0.25, 0.3) is 5.91 Å². The molecule has 0 atom stereocenters. The van der Waals surface area contributed by atoms with Crippen LogP contribution in [0, 0.1) is 6.92 Å². The van der Waals surface area contributed by atoms with Crippen LogP contribution in [0.1, 0.15) is 23.1 Å². The van der Waals surface area contributed by atoms with E-state index in [2.05, 4.69) is 20.3 Å². The molecule has 2 amide bonds. The Hall–Kier alpha value is -3.59. The molecule has 0 aromatic carbocycles. The first-order valence-electron chi connectivity index (χ1n) is 8.86. The SMILES string of the molecule is CC(=O)N(C)c1ncc(-c2nc(C(=O)Nc3cccc(C)n3)c3ccccn23)s1. The van der Waals surface area contributed by atoms with Crippen LogP contribution in [0.25, 0.3) is 16.2 Å². The number of imidazole rings is 1. The summed E-state index contributed by atoms with van der Waals surface area (Å²) < 4.78 is 1.84. The summed E-state index contributed by atoms with van der Waals surface area (Å²) in [5.41, 5.74) is 1.77. The Balaban J connectivity index is 1.74. The molecule has 0 spiro atoms. The lowest BCUT2D eigenvalue weighted by atomic mass is 10.3. The monoisotopic (exact) mass is 406 g/mol. The van der Waals surface area contributed by atoms with E-state index in [4.69, 9.17) is 0 Å². The van der Waals surface area contributed by atoms with Gasteiger partial charge < -0.3 is 5.32 Å². The Kier molecular flexibility index (Phi) is 4.81. The third-order valence-electron chi connectivity index (χ3n) is 4.37. The number of thiazole rings is 1. The first-order valence-corrected chi connectivity index (χ1v) is 9.68. The number of nitrogens with zero attached hydrogens (tertiary/aromatic N) is 5. The summed E-state index contributed by atoms with van der Waals surface area (Å²) in [6, 6.07) is 11.0. The van der Waals surface area contributed by atoms with Gasteiger partial charge in [-0.25, -0.2) is 15.0 Å². The van der Waals surface area contributed by atoms with Crippen LogP contribution < -0.4 is 10.2 Å².